The molecular weight excluding hydrogens is 257 g/mol. The second kappa shape index (κ2) is 5.52. The molecule has 100 valence electrons. The molecule has 20 heavy (non-hydrogen) atoms. The van der Waals surface area contributed by atoms with Gasteiger partial charge in [-0.05, 0) is 35.9 Å². The molecule has 0 bridgehead atoms. The van der Waals surface area contributed by atoms with Crippen molar-refractivity contribution < 1.29 is 9.13 Å². The van der Waals surface area contributed by atoms with Crippen LogP contribution in [0.2, 0.25) is 0 Å². The van der Waals surface area contributed by atoms with Crippen LogP contribution >= 0.6 is 0 Å². The standard InChI is InChI=1S/C15H12FN3O/c16-12-3-1-2-11(8-12)10-20-13-4-5-14(17-9-13)15-6-7-18-19-15/h1-9H,10H2,(H,18,19). The lowest BCUT2D eigenvalue weighted by molar-refractivity contribution is 0.304. The number of rotatable bonds is 4. The number of aromatic amines is 1. The van der Waals surface area contributed by atoms with Crippen LogP contribution in [0.1, 0.15) is 5.56 Å². The molecule has 4 nitrogen and oxygen atoms in total. The first-order valence-corrected chi connectivity index (χ1v) is 6.14. The van der Waals surface area contributed by atoms with Gasteiger partial charge in [-0.3, -0.25) is 10.1 Å². The zero-order valence-corrected chi connectivity index (χ0v) is 10.6. The van der Waals surface area contributed by atoms with Gasteiger partial charge in [0.05, 0.1) is 17.6 Å². The van der Waals surface area contributed by atoms with Crippen molar-refractivity contribution in [3.63, 3.8) is 0 Å². The highest BCUT2D eigenvalue weighted by Gasteiger charge is 2.02. The molecule has 0 saturated carbocycles. The molecule has 0 aliphatic rings. The van der Waals surface area contributed by atoms with Crippen molar-refractivity contribution in [2.75, 3.05) is 0 Å². The summed E-state index contributed by atoms with van der Waals surface area (Å²) < 4.78 is 18.6. The first-order valence-electron chi connectivity index (χ1n) is 6.14. The number of nitrogens with zero attached hydrogens (tertiary/aromatic N) is 2. The van der Waals surface area contributed by atoms with E-state index in [9.17, 15) is 4.39 Å². The summed E-state index contributed by atoms with van der Waals surface area (Å²) in [6.07, 6.45) is 3.31. The normalized spacial score (nSPS) is 10.4. The average molecular weight is 269 g/mol. The summed E-state index contributed by atoms with van der Waals surface area (Å²) in [7, 11) is 0. The summed E-state index contributed by atoms with van der Waals surface area (Å²) >= 11 is 0. The van der Waals surface area contributed by atoms with Crippen molar-refractivity contribution in [1.29, 1.82) is 0 Å². The number of pyridine rings is 1. The third-order valence-electron chi connectivity index (χ3n) is 2.81. The fourth-order valence-electron chi connectivity index (χ4n) is 1.82. The van der Waals surface area contributed by atoms with E-state index in [-0.39, 0.29) is 5.82 Å². The lowest BCUT2D eigenvalue weighted by Crippen LogP contribution is -1.96. The van der Waals surface area contributed by atoms with Crippen molar-refractivity contribution in [3.8, 4) is 17.1 Å². The van der Waals surface area contributed by atoms with Crippen LogP contribution in [0.5, 0.6) is 5.75 Å². The van der Waals surface area contributed by atoms with Gasteiger partial charge in [-0.1, -0.05) is 12.1 Å². The van der Waals surface area contributed by atoms with Crippen molar-refractivity contribution in [3.05, 3.63) is 66.2 Å². The molecule has 2 aromatic heterocycles. The monoisotopic (exact) mass is 269 g/mol. The van der Waals surface area contributed by atoms with Gasteiger partial charge < -0.3 is 4.74 Å². The zero-order valence-electron chi connectivity index (χ0n) is 10.6. The Hall–Kier alpha value is -2.69. The highest BCUT2D eigenvalue weighted by molar-refractivity contribution is 5.53. The van der Waals surface area contributed by atoms with E-state index in [1.807, 2.05) is 24.3 Å². The molecule has 1 N–H and O–H groups in total. The minimum absolute atomic E-state index is 0.265. The van der Waals surface area contributed by atoms with Crippen LogP contribution in [0.4, 0.5) is 4.39 Å². The number of nitrogens with one attached hydrogen (secondary N) is 1. The summed E-state index contributed by atoms with van der Waals surface area (Å²) in [5, 5.41) is 6.72. The smallest absolute Gasteiger partial charge is 0.138 e. The molecule has 0 fully saturated rings. The Morgan fingerprint density at radius 2 is 2.10 bits per heavy atom. The van der Waals surface area contributed by atoms with Gasteiger partial charge in [-0.15, -0.1) is 0 Å². The van der Waals surface area contributed by atoms with Gasteiger partial charge in [0.1, 0.15) is 18.2 Å². The summed E-state index contributed by atoms with van der Waals surface area (Å²) in [6, 6.07) is 11.8. The molecular formula is C15H12FN3O. The minimum atomic E-state index is -0.265. The van der Waals surface area contributed by atoms with Gasteiger partial charge >= 0.3 is 0 Å². The largest absolute Gasteiger partial charge is 0.487 e. The van der Waals surface area contributed by atoms with Crippen LogP contribution in [0.3, 0.4) is 0 Å². The molecule has 0 spiro atoms. The fourth-order valence-corrected chi connectivity index (χ4v) is 1.82. The van der Waals surface area contributed by atoms with Crippen molar-refractivity contribution in [1.82, 2.24) is 15.2 Å². The van der Waals surface area contributed by atoms with Crippen LogP contribution in [0.15, 0.2) is 54.9 Å². The van der Waals surface area contributed by atoms with Crippen LogP contribution in [-0.4, -0.2) is 15.2 Å². The minimum Gasteiger partial charge on any atom is -0.487 e. The topological polar surface area (TPSA) is 50.8 Å². The fraction of sp³-hybridized carbons (Fsp3) is 0.0667. The number of ether oxygens (including phenoxy) is 1. The summed E-state index contributed by atoms with van der Waals surface area (Å²) in [4.78, 5) is 4.28. The first-order chi connectivity index (χ1) is 9.81. The molecule has 5 heteroatoms. The molecule has 3 rings (SSSR count). The Balaban J connectivity index is 1.67. The maximum atomic E-state index is 13.0. The van der Waals surface area contributed by atoms with Crippen molar-refractivity contribution >= 4 is 0 Å². The highest BCUT2D eigenvalue weighted by atomic mass is 19.1. The molecule has 0 aliphatic heterocycles. The third-order valence-corrected chi connectivity index (χ3v) is 2.81. The van der Waals surface area contributed by atoms with E-state index in [1.165, 1.54) is 12.1 Å². The van der Waals surface area contributed by atoms with E-state index in [4.69, 9.17) is 4.74 Å². The second-order valence-corrected chi connectivity index (χ2v) is 4.27. The van der Waals surface area contributed by atoms with Gasteiger partial charge in [0.25, 0.3) is 0 Å². The Bertz CT molecular complexity index is 681. The predicted octanol–water partition coefficient (Wildman–Crippen LogP) is 3.19. The Labute approximate surface area is 115 Å². The van der Waals surface area contributed by atoms with E-state index in [1.54, 1.807) is 18.5 Å². The molecule has 3 aromatic rings. The quantitative estimate of drug-likeness (QED) is 0.791. The van der Waals surface area contributed by atoms with Gasteiger partial charge in [-0.25, -0.2) is 4.39 Å². The molecule has 2 heterocycles. The third kappa shape index (κ3) is 2.83. The lowest BCUT2D eigenvalue weighted by atomic mass is 10.2. The lowest BCUT2D eigenvalue weighted by Gasteiger charge is -2.06. The van der Waals surface area contributed by atoms with Gasteiger partial charge in [-0.2, -0.15) is 5.10 Å². The first kappa shape index (κ1) is 12.3. The number of aromatic nitrogens is 3. The number of H-pyrrole nitrogens is 1. The maximum absolute atomic E-state index is 13.0. The number of benzene rings is 1. The number of hydrogen-bond donors (Lipinski definition) is 1. The summed E-state index contributed by atoms with van der Waals surface area (Å²) in [5.41, 5.74) is 2.42. The molecule has 0 saturated heterocycles. The molecule has 0 amide bonds. The Morgan fingerprint density at radius 1 is 1.15 bits per heavy atom. The van der Waals surface area contributed by atoms with Crippen molar-refractivity contribution in [2.24, 2.45) is 0 Å². The number of hydrogen-bond acceptors (Lipinski definition) is 3. The van der Waals surface area contributed by atoms with Gasteiger partial charge in [0.15, 0.2) is 0 Å². The average Bonchev–Trinajstić information content (AvgIpc) is 3.00. The molecule has 1 aromatic carbocycles. The van der Waals surface area contributed by atoms with E-state index in [0.717, 1.165) is 17.0 Å². The van der Waals surface area contributed by atoms with Crippen LogP contribution < -0.4 is 4.74 Å². The predicted molar refractivity (Wildman–Crippen MR) is 72.6 cm³/mol. The number of halogens is 1. The van der Waals surface area contributed by atoms with Crippen molar-refractivity contribution in [2.45, 2.75) is 6.61 Å². The Kier molecular flexibility index (Phi) is 3.41. The molecule has 0 aliphatic carbocycles. The second-order valence-electron chi connectivity index (χ2n) is 4.27. The summed E-state index contributed by atoms with van der Waals surface area (Å²) in [6.45, 7) is 0.308. The van der Waals surface area contributed by atoms with E-state index >= 15 is 0 Å². The molecule has 0 radical (unpaired) electrons. The molecule has 0 atom stereocenters. The van der Waals surface area contributed by atoms with Gasteiger partial charge in [0, 0.05) is 6.20 Å². The van der Waals surface area contributed by atoms with E-state index in [0.29, 0.717) is 12.4 Å². The van der Waals surface area contributed by atoms with Gasteiger partial charge in [0.2, 0.25) is 0 Å². The SMILES string of the molecule is Fc1cccc(COc2ccc(-c3ccn[nH]3)nc2)c1. The maximum Gasteiger partial charge on any atom is 0.138 e. The molecule has 0 unspecified atom stereocenters. The van der Waals surface area contributed by atoms with Crippen LogP contribution in [-0.2, 0) is 6.61 Å². The Morgan fingerprint density at radius 3 is 2.80 bits per heavy atom. The van der Waals surface area contributed by atoms with Crippen LogP contribution in [0, 0.1) is 5.82 Å². The highest BCUT2D eigenvalue weighted by Crippen LogP contribution is 2.17. The van der Waals surface area contributed by atoms with Crippen LogP contribution in [0.25, 0.3) is 11.4 Å². The summed E-state index contributed by atoms with van der Waals surface area (Å²) in [5.74, 6) is 0.372. The van der Waals surface area contributed by atoms with E-state index in [2.05, 4.69) is 15.2 Å². The van der Waals surface area contributed by atoms with E-state index < -0.39 is 0 Å². The zero-order chi connectivity index (χ0) is 13.8.